The van der Waals surface area contributed by atoms with Gasteiger partial charge < -0.3 is 24.7 Å². The highest BCUT2D eigenvalue weighted by molar-refractivity contribution is 5.97. The van der Waals surface area contributed by atoms with Crippen LogP contribution in [0.4, 0.5) is 4.39 Å². The Hall–Kier alpha value is -3.78. The molecule has 0 bridgehead atoms. The molecule has 1 heterocycles. The van der Waals surface area contributed by atoms with Crippen LogP contribution in [0.25, 0.3) is 0 Å². The Kier molecular flexibility index (Phi) is 8.19. The molecule has 35 heavy (non-hydrogen) atoms. The van der Waals surface area contributed by atoms with Crippen molar-refractivity contribution in [2.24, 2.45) is 0 Å². The molecule has 2 N–H and O–H groups in total. The predicted octanol–water partition coefficient (Wildman–Crippen LogP) is 4.17. The summed E-state index contributed by atoms with van der Waals surface area (Å²) in [6, 6.07) is 15.6. The number of hydrogen-bond donors (Lipinski definition) is 2. The van der Waals surface area contributed by atoms with Crippen LogP contribution in [0.3, 0.4) is 0 Å². The summed E-state index contributed by atoms with van der Waals surface area (Å²) in [4.78, 5) is 28.6. The Morgan fingerprint density at radius 3 is 2.31 bits per heavy atom. The molecule has 8 heteroatoms. The Morgan fingerprint density at radius 2 is 1.74 bits per heavy atom. The van der Waals surface area contributed by atoms with Crippen molar-refractivity contribution in [2.75, 3.05) is 13.7 Å². The maximum Gasteiger partial charge on any atom is 0.274 e. The molecule has 0 aliphatic carbocycles. The lowest BCUT2D eigenvalue weighted by molar-refractivity contribution is -0.115. The standard InChI is InChI=1S/C27H29FN2O5/c1-17-5-7-19(8-6-17)23(20-9-11-21(28)12-10-20)18(2)35-16-27(3,15-31)30-26(33)24-25(32)22(34-4)13-14-29-24/h5-15,18,23,32H,16H2,1-4H3,(H,30,33)/t18-,23+,27+/m0/s1. The minimum absolute atomic E-state index is 0.0862. The summed E-state index contributed by atoms with van der Waals surface area (Å²) in [5.74, 6) is -1.67. The molecule has 0 unspecified atom stereocenters. The number of carbonyl (C=O) groups excluding carboxylic acids is 2. The van der Waals surface area contributed by atoms with E-state index in [1.807, 2.05) is 38.1 Å². The number of aryl methyl sites for hydroxylation is 1. The number of aromatic hydroxyl groups is 1. The number of ether oxygens (including phenoxy) is 2. The number of aromatic nitrogens is 1. The van der Waals surface area contributed by atoms with Crippen LogP contribution in [0, 0.1) is 12.7 Å². The van der Waals surface area contributed by atoms with Gasteiger partial charge in [0.05, 0.1) is 19.8 Å². The van der Waals surface area contributed by atoms with E-state index in [1.165, 1.54) is 38.4 Å². The van der Waals surface area contributed by atoms with E-state index in [1.54, 1.807) is 12.1 Å². The zero-order valence-corrected chi connectivity index (χ0v) is 20.1. The Morgan fingerprint density at radius 1 is 1.14 bits per heavy atom. The summed E-state index contributed by atoms with van der Waals surface area (Å²) in [6.45, 7) is 5.22. The van der Waals surface area contributed by atoms with Gasteiger partial charge in [0.2, 0.25) is 0 Å². The van der Waals surface area contributed by atoms with E-state index < -0.39 is 23.3 Å². The molecule has 0 aliphatic heterocycles. The van der Waals surface area contributed by atoms with E-state index in [0.29, 0.717) is 6.29 Å². The van der Waals surface area contributed by atoms with E-state index in [9.17, 15) is 19.1 Å². The maximum absolute atomic E-state index is 13.6. The molecule has 2 aromatic carbocycles. The first kappa shape index (κ1) is 25.8. The lowest BCUT2D eigenvalue weighted by Crippen LogP contribution is -2.51. The minimum Gasteiger partial charge on any atom is -0.503 e. The van der Waals surface area contributed by atoms with Crippen molar-refractivity contribution in [2.45, 2.75) is 38.3 Å². The Bertz CT molecular complexity index is 1120. The van der Waals surface area contributed by atoms with Gasteiger partial charge >= 0.3 is 0 Å². The van der Waals surface area contributed by atoms with Gasteiger partial charge in [0.25, 0.3) is 5.91 Å². The number of nitrogens with one attached hydrogen (secondary N) is 1. The maximum atomic E-state index is 13.6. The highest BCUT2D eigenvalue weighted by Gasteiger charge is 2.31. The molecule has 3 rings (SSSR count). The molecule has 0 fully saturated rings. The van der Waals surface area contributed by atoms with Gasteiger partial charge in [-0.25, -0.2) is 9.37 Å². The van der Waals surface area contributed by atoms with E-state index in [4.69, 9.17) is 9.47 Å². The van der Waals surface area contributed by atoms with Crippen LogP contribution in [0.15, 0.2) is 60.8 Å². The van der Waals surface area contributed by atoms with Gasteiger partial charge in [0, 0.05) is 18.2 Å². The lowest BCUT2D eigenvalue weighted by Gasteiger charge is -2.30. The highest BCUT2D eigenvalue weighted by Crippen LogP contribution is 2.31. The van der Waals surface area contributed by atoms with Crippen molar-refractivity contribution in [1.29, 1.82) is 0 Å². The van der Waals surface area contributed by atoms with Crippen LogP contribution in [-0.4, -0.2) is 47.6 Å². The number of methoxy groups -OCH3 is 1. The molecule has 0 saturated heterocycles. The number of amides is 1. The van der Waals surface area contributed by atoms with Crippen LogP contribution >= 0.6 is 0 Å². The third-order valence-electron chi connectivity index (χ3n) is 5.76. The van der Waals surface area contributed by atoms with Gasteiger partial charge in [0.1, 0.15) is 17.6 Å². The molecule has 0 spiro atoms. The second-order valence-corrected chi connectivity index (χ2v) is 8.66. The number of benzene rings is 2. The van der Waals surface area contributed by atoms with E-state index in [2.05, 4.69) is 10.3 Å². The number of rotatable bonds is 10. The van der Waals surface area contributed by atoms with Crippen LogP contribution in [0.5, 0.6) is 11.5 Å². The fourth-order valence-electron chi connectivity index (χ4n) is 3.76. The molecule has 7 nitrogen and oxygen atoms in total. The van der Waals surface area contributed by atoms with Crippen molar-refractivity contribution in [3.8, 4) is 11.5 Å². The second-order valence-electron chi connectivity index (χ2n) is 8.66. The molecule has 0 radical (unpaired) electrons. The molecule has 0 saturated carbocycles. The summed E-state index contributed by atoms with van der Waals surface area (Å²) in [7, 11) is 1.35. The largest absolute Gasteiger partial charge is 0.503 e. The number of halogens is 1. The smallest absolute Gasteiger partial charge is 0.274 e. The first-order chi connectivity index (χ1) is 16.7. The molecule has 184 valence electrons. The zero-order chi connectivity index (χ0) is 25.6. The summed E-state index contributed by atoms with van der Waals surface area (Å²) in [5.41, 5.74) is 1.26. The van der Waals surface area contributed by atoms with E-state index in [-0.39, 0.29) is 29.8 Å². The van der Waals surface area contributed by atoms with Gasteiger partial charge in [-0.15, -0.1) is 0 Å². The van der Waals surface area contributed by atoms with Crippen molar-refractivity contribution < 1.29 is 28.6 Å². The summed E-state index contributed by atoms with van der Waals surface area (Å²) < 4.78 is 24.7. The van der Waals surface area contributed by atoms with Crippen molar-refractivity contribution in [3.05, 3.63) is 89.0 Å². The highest BCUT2D eigenvalue weighted by atomic mass is 19.1. The van der Waals surface area contributed by atoms with Crippen LogP contribution < -0.4 is 10.1 Å². The average molecular weight is 481 g/mol. The normalized spacial score (nSPS) is 14.4. The van der Waals surface area contributed by atoms with Crippen LogP contribution in [0.2, 0.25) is 0 Å². The van der Waals surface area contributed by atoms with E-state index in [0.717, 1.165) is 16.7 Å². The number of nitrogens with zero attached hydrogens (tertiary/aromatic N) is 1. The summed E-state index contributed by atoms with van der Waals surface area (Å²) in [6.07, 6.45) is 1.47. The number of pyridine rings is 1. The third-order valence-corrected chi connectivity index (χ3v) is 5.76. The van der Waals surface area contributed by atoms with Gasteiger partial charge in [-0.2, -0.15) is 0 Å². The topological polar surface area (TPSA) is 97.8 Å². The van der Waals surface area contributed by atoms with Gasteiger partial charge in [-0.05, 0) is 44.0 Å². The Balaban J connectivity index is 1.79. The van der Waals surface area contributed by atoms with Gasteiger partial charge in [-0.1, -0.05) is 42.0 Å². The summed E-state index contributed by atoms with van der Waals surface area (Å²) >= 11 is 0. The van der Waals surface area contributed by atoms with Crippen LogP contribution in [-0.2, 0) is 9.53 Å². The average Bonchev–Trinajstić information content (AvgIpc) is 2.85. The monoisotopic (exact) mass is 480 g/mol. The van der Waals surface area contributed by atoms with Gasteiger partial charge in [-0.3, -0.25) is 4.79 Å². The molecule has 3 aromatic rings. The van der Waals surface area contributed by atoms with E-state index >= 15 is 0 Å². The third kappa shape index (κ3) is 6.22. The summed E-state index contributed by atoms with van der Waals surface area (Å²) in [5, 5.41) is 12.8. The molecule has 1 amide bonds. The first-order valence-electron chi connectivity index (χ1n) is 11.1. The molecule has 3 atom stereocenters. The molecule has 0 aliphatic rings. The predicted molar refractivity (Wildman–Crippen MR) is 129 cm³/mol. The van der Waals surface area contributed by atoms with Crippen molar-refractivity contribution in [1.82, 2.24) is 10.3 Å². The van der Waals surface area contributed by atoms with Crippen molar-refractivity contribution >= 4 is 12.2 Å². The quantitative estimate of drug-likeness (QED) is 0.423. The van der Waals surface area contributed by atoms with Gasteiger partial charge in [0.15, 0.2) is 17.2 Å². The molecule has 1 aromatic heterocycles. The fraction of sp³-hybridized carbons (Fsp3) is 0.296. The minimum atomic E-state index is -1.40. The number of aldehydes is 1. The first-order valence-corrected chi connectivity index (χ1v) is 11.1. The SMILES string of the molecule is COc1ccnc(C(=O)N[C@](C)(C=O)CO[C@@H](C)[C@H](c2ccc(C)cc2)c2ccc(F)cc2)c1O. The molecular formula is C27H29FN2O5. The Labute approximate surface area is 203 Å². The number of carbonyl (C=O) groups is 2. The lowest BCUT2D eigenvalue weighted by atomic mass is 9.86. The van der Waals surface area contributed by atoms with Crippen molar-refractivity contribution in [3.63, 3.8) is 0 Å². The second kappa shape index (κ2) is 11.1. The molecular weight excluding hydrogens is 451 g/mol. The zero-order valence-electron chi connectivity index (χ0n) is 20.1. The number of hydrogen-bond acceptors (Lipinski definition) is 6. The van der Waals surface area contributed by atoms with Crippen LogP contribution in [0.1, 0.15) is 46.9 Å². The fourth-order valence-corrected chi connectivity index (χ4v) is 3.76.